The van der Waals surface area contributed by atoms with Gasteiger partial charge in [-0.1, -0.05) is 109 Å². The molecule has 0 saturated heterocycles. The molecule has 0 N–H and O–H groups in total. The quantitative estimate of drug-likeness (QED) is 0.194. The highest BCUT2D eigenvalue weighted by atomic mass is 15.2. The van der Waals surface area contributed by atoms with E-state index in [2.05, 4.69) is 108 Å². The molecule has 6 nitrogen and oxygen atoms in total. The van der Waals surface area contributed by atoms with Gasteiger partial charge in [-0.25, -0.2) is 9.97 Å². The molecule has 0 unspecified atom stereocenters. The normalized spacial score (nSPS) is 13.3. The van der Waals surface area contributed by atoms with Crippen molar-refractivity contribution in [3.8, 4) is 45.5 Å². The van der Waals surface area contributed by atoms with E-state index in [1.54, 1.807) is 0 Å². The van der Waals surface area contributed by atoms with Crippen LogP contribution in [-0.2, 0) is 5.41 Å². The minimum atomic E-state index is -0.160. The first kappa shape index (κ1) is 27.7. The average Bonchev–Trinajstić information content (AvgIpc) is 3.78. The number of hydrogen-bond acceptors (Lipinski definition) is 4. The molecule has 0 bridgehead atoms. The Morgan fingerprint density at radius 1 is 0.449 bits per heavy atom. The van der Waals surface area contributed by atoms with Crippen molar-refractivity contribution >= 4 is 32.8 Å². The Morgan fingerprint density at radius 2 is 1.04 bits per heavy atom. The molecule has 6 heteroatoms. The van der Waals surface area contributed by atoms with E-state index in [9.17, 15) is 0 Å². The third kappa shape index (κ3) is 4.14. The summed E-state index contributed by atoms with van der Waals surface area (Å²) in [5.41, 5.74) is 10.7. The Balaban J connectivity index is 1.15. The highest BCUT2D eigenvalue weighted by Crippen LogP contribution is 2.44. The van der Waals surface area contributed by atoms with Gasteiger partial charge in [0.25, 0.3) is 0 Å². The second-order valence-corrected chi connectivity index (χ2v) is 13.2. The first-order valence-electron chi connectivity index (χ1n) is 16.6. The molecular weight excluding hydrogens is 601 g/mol. The van der Waals surface area contributed by atoms with Crippen LogP contribution in [0.4, 0.5) is 0 Å². The van der Waals surface area contributed by atoms with Gasteiger partial charge in [-0.2, -0.15) is 9.97 Å². The predicted molar refractivity (Wildman–Crippen MR) is 197 cm³/mol. The van der Waals surface area contributed by atoms with Crippen LogP contribution in [-0.4, -0.2) is 29.1 Å². The monoisotopic (exact) mass is 630 g/mol. The lowest BCUT2D eigenvalue weighted by atomic mass is 9.86. The third-order valence-corrected chi connectivity index (χ3v) is 9.93. The molecule has 6 aromatic carbocycles. The number of nitrogens with zero attached hydrogens (tertiary/aromatic N) is 6. The van der Waals surface area contributed by atoms with E-state index in [0.29, 0.717) is 17.6 Å². The van der Waals surface area contributed by atoms with Crippen LogP contribution in [0.25, 0.3) is 78.4 Å². The summed E-state index contributed by atoms with van der Waals surface area (Å²) in [4.78, 5) is 20.3. The van der Waals surface area contributed by atoms with Gasteiger partial charge in [-0.3, -0.25) is 9.13 Å². The lowest BCUT2D eigenvalue weighted by Crippen LogP contribution is -2.16. The van der Waals surface area contributed by atoms with Crippen LogP contribution in [0.1, 0.15) is 25.2 Å². The maximum atomic E-state index is 5.21. The van der Waals surface area contributed by atoms with Crippen molar-refractivity contribution in [1.82, 2.24) is 29.1 Å². The molecule has 3 aromatic heterocycles. The van der Waals surface area contributed by atoms with Crippen molar-refractivity contribution in [2.24, 2.45) is 0 Å². The topological polar surface area (TPSA) is 61.4 Å². The van der Waals surface area contributed by atoms with Crippen molar-refractivity contribution in [3.05, 3.63) is 157 Å². The van der Waals surface area contributed by atoms with Gasteiger partial charge in [-0.05, 0) is 66.9 Å². The lowest BCUT2D eigenvalue weighted by molar-refractivity contribution is 0.621. The molecule has 0 saturated carbocycles. The summed E-state index contributed by atoms with van der Waals surface area (Å²) in [6, 6.07) is 50.7. The van der Waals surface area contributed by atoms with Crippen LogP contribution in [0.5, 0.6) is 0 Å². The van der Waals surface area contributed by atoms with Crippen LogP contribution < -0.4 is 0 Å². The number of para-hydroxylation sites is 2. The zero-order valence-electron chi connectivity index (χ0n) is 27.0. The van der Waals surface area contributed by atoms with Crippen molar-refractivity contribution < 1.29 is 0 Å². The molecule has 1 aliphatic heterocycles. The summed E-state index contributed by atoms with van der Waals surface area (Å²) >= 11 is 0. The highest BCUT2D eigenvalue weighted by molar-refractivity contribution is 6.10. The molecule has 0 fully saturated rings. The Bertz CT molecular complexity index is 2680. The molecule has 0 atom stereocenters. The molecule has 0 amide bonds. The fourth-order valence-corrected chi connectivity index (χ4v) is 7.51. The van der Waals surface area contributed by atoms with Gasteiger partial charge >= 0.3 is 0 Å². The number of fused-ring (bicyclic) bond motifs is 8. The zero-order chi connectivity index (χ0) is 32.7. The second kappa shape index (κ2) is 10.3. The number of rotatable bonds is 4. The van der Waals surface area contributed by atoms with Gasteiger partial charge in [0.1, 0.15) is 5.82 Å². The van der Waals surface area contributed by atoms with Gasteiger partial charge in [0, 0.05) is 21.9 Å². The maximum absolute atomic E-state index is 5.21. The van der Waals surface area contributed by atoms with E-state index in [1.165, 1.54) is 11.3 Å². The summed E-state index contributed by atoms with van der Waals surface area (Å²) in [6.07, 6.45) is 0. The van der Waals surface area contributed by atoms with Gasteiger partial charge in [0.2, 0.25) is 5.95 Å². The molecule has 0 aliphatic carbocycles. The maximum Gasteiger partial charge on any atom is 0.238 e. The molecular formula is C43H30N6. The van der Waals surface area contributed by atoms with E-state index in [4.69, 9.17) is 19.9 Å². The molecule has 232 valence electrons. The summed E-state index contributed by atoms with van der Waals surface area (Å²) < 4.78 is 4.49. The van der Waals surface area contributed by atoms with Gasteiger partial charge in [-0.15, -0.1) is 0 Å². The minimum Gasteiger partial charge on any atom is -0.295 e. The Kier molecular flexibility index (Phi) is 5.82. The molecule has 4 heterocycles. The molecule has 49 heavy (non-hydrogen) atoms. The van der Waals surface area contributed by atoms with Gasteiger partial charge in [0.15, 0.2) is 11.6 Å². The fraction of sp³-hybridized carbons (Fsp3) is 0.0698. The summed E-state index contributed by atoms with van der Waals surface area (Å²) in [7, 11) is 0. The SMILES string of the molecule is CC1(C)c2ccccc2-n2c1nc1cc(-c3ccc4c(c3)c3ccccc3n4-c3nc(-c4ccccc4)nc(-c4ccccc4)n3)ccc12. The van der Waals surface area contributed by atoms with Crippen LogP contribution >= 0.6 is 0 Å². The third-order valence-electron chi connectivity index (χ3n) is 9.93. The number of benzene rings is 6. The molecule has 0 radical (unpaired) electrons. The Labute approximate surface area is 283 Å². The number of hydrogen-bond donors (Lipinski definition) is 0. The predicted octanol–water partition coefficient (Wildman–Crippen LogP) is 9.95. The second-order valence-electron chi connectivity index (χ2n) is 13.2. The van der Waals surface area contributed by atoms with Crippen molar-refractivity contribution in [2.75, 3.05) is 0 Å². The first-order chi connectivity index (χ1) is 24.0. The Hall–Kier alpha value is -6.40. The standard InChI is InChI=1S/C43H30N6/c1-43(2)33-18-10-12-20-37(33)48-38-24-22-30(26-34(38)44-41(43)48)29-21-23-36-32(25-29)31-17-9-11-19-35(31)49(36)42-46-39(27-13-5-3-6-14-27)45-40(47-42)28-15-7-4-8-16-28/h3-26H,1-2H3. The van der Waals surface area contributed by atoms with Gasteiger partial charge in [0.05, 0.1) is 33.2 Å². The van der Waals surface area contributed by atoms with Crippen LogP contribution in [0.15, 0.2) is 146 Å². The molecule has 10 rings (SSSR count). The summed E-state index contributed by atoms with van der Waals surface area (Å²) in [5.74, 6) is 2.95. The van der Waals surface area contributed by atoms with E-state index in [-0.39, 0.29) is 5.41 Å². The highest BCUT2D eigenvalue weighted by Gasteiger charge is 2.38. The van der Waals surface area contributed by atoms with E-state index >= 15 is 0 Å². The van der Waals surface area contributed by atoms with Crippen molar-refractivity contribution in [1.29, 1.82) is 0 Å². The Morgan fingerprint density at radius 3 is 1.78 bits per heavy atom. The minimum absolute atomic E-state index is 0.160. The van der Waals surface area contributed by atoms with E-state index in [0.717, 1.165) is 60.9 Å². The van der Waals surface area contributed by atoms with Crippen LogP contribution in [0, 0.1) is 0 Å². The first-order valence-corrected chi connectivity index (χ1v) is 16.6. The van der Waals surface area contributed by atoms with E-state index < -0.39 is 0 Å². The molecule has 0 spiro atoms. The summed E-state index contributed by atoms with van der Waals surface area (Å²) in [6.45, 7) is 4.53. The van der Waals surface area contributed by atoms with E-state index in [1.807, 2.05) is 60.7 Å². The average molecular weight is 631 g/mol. The van der Waals surface area contributed by atoms with Crippen LogP contribution in [0.2, 0.25) is 0 Å². The molecule has 1 aliphatic rings. The smallest absolute Gasteiger partial charge is 0.238 e. The molecule has 9 aromatic rings. The number of aromatic nitrogens is 6. The van der Waals surface area contributed by atoms with Gasteiger partial charge < -0.3 is 0 Å². The largest absolute Gasteiger partial charge is 0.295 e. The van der Waals surface area contributed by atoms with Crippen molar-refractivity contribution in [2.45, 2.75) is 19.3 Å². The van der Waals surface area contributed by atoms with Crippen LogP contribution in [0.3, 0.4) is 0 Å². The lowest BCUT2D eigenvalue weighted by Gasteiger charge is -2.17. The fourth-order valence-electron chi connectivity index (χ4n) is 7.51. The van der Waals surface area contributed by atoms with Crippen molar-refractivity contribution in [3.63, 3.8) is 0 Å². The number of imidazole rings is 1. The summed E-state index contributed by atoms with van der Waals surface area (Å²) in [5, 5.41) is 2.28. The zero-order valence-corrected chi connectivity index (χ0v) is 27.0.